The Morgan fingerprint density at radius 3 is 2.68 bits per heavy atom. The van der Waals surface area contributed by atoms with E-state index in [0.29, 0.717) is 6.42 Å². The normalized spacial score (nSPS) is 14.8. The van der Waals surface area contributed by atoms with Gasteiger partial charge in [-0.2, -0.15) is 0 Å². The predicted octanol–water partition coefficient (Wildman–Crippen LogP) is 0.838. The molecule has 0 spiro atoms. The van der Waals surface area contributed by atoms with Gasteiger partial charge in [-0.1, -0.05) is 30.3 Å². The van der Waals surface area contributed by atoms with Crippen LogP contribution >= 0.6 is 0 Å². The van der Waals surface area contributed by atoms with Gasteiger partial charge in [0.05, 0.1) is 6.61 Å². The van der Waals surface area contributed by atoms with Crippen LogP contribution in [0.25, 0.3) is 0 Å². The lowest BCUT2D eigenvalue weighted by atomic mass is 10.0. The molecule has 0 saturated heterocycles. The predicted molar refractivity (Wildman–Crippen MR) is 88.3 cm³/mol. The second-order valence-corrected chi connectivity index (χ2v) is 6.00. The van der Waals surface area contributed by atoms with Crippen LogP contribution in [0.2, 0.25) is 0 Å². The molecule has 1 amide bonds. The molecule has 1 fully saturated rings. The number of carbonyl (C=O) groups is 2. The molecular weight excluding hydrogens is 322 g/mol. The molecule has 8 heteroatoms. The number of aromatic nitrogens is 4. The highest BCUT2D eigenvalue weighted by molar-refractivity contribution is 5.85. The number of amides is 1. The molecule has 132 valence electrons. The Morgan fingerprint density at radius 2 is 2.08 bits per heavy atom. The SMILES string of the molecule is CCOC(=O)C(Cc1ccccc1)N(C(=O)Cn1cnnn1)C1CC1. The number of carbonyl (C=O) groups excluding carboxylic acids is 2. The van der Waals surface area contributed by atoms with Crippen LogP contribution in [0.4, 0.5) is 0 Å². The highest BCUT2D eigenvalue weighted by Gasteiger charge is 2.41. The molecule has 0 bridgehead atoms. The van der Waals surface area contributed by atoms with Crippen LogP contribution in [-0.4, -0.2) is 55.7 Å². The van der Waals surface area contributed by atoms with E-state index < -0.39 is 6.04 Å². The topological polar surface area (TPSA) is 90.2 Å². The first-order valence-corrected chi connectivity index (χ1v) is 8.41. The summed E-state index contributed by atoms with van der Waals surface area (Å²) < 4.78 is 6.60. The second-order valence-electron chi connectivity index (χ2n) is 6.00. The Balaban J connectivity index is 1.82. The van der Waals surface area contributed by atoms with Crippen LogP contribution in [0.1, 0.15) is 25.3 Å². The summed E-state index contributed by atoms with van der Waals surface area (Å²) in [6.07, 6.45) is 3.61. The van der Waals surface area contributed by atoms with Gasteiger partial charge in [0.2, 0.25) is 5.91 Å². The molecule has 1 saturated carbocycles. The van der Waals surface area contributed by atoms with Gasteiger partial charge < -0.3 is 9.64 Å². The molecule has 1 heterocycles. The average molecular weight is 343 g/mol. The van der Waals surface area contributed by atoms with Gasteiger partial charge in [-0.05, 0) is 35.8 Å². The second kappa shape index (κ2) is 7.87. The summed E-state index contributed by atoms with van der Waals surface area (Å²) in [5.74, 6) is -0.549. The lowest BCUT2D eigenvalue weighted by Crippen LogP contribution is -2.49. The monoisotopic (exact) mass is 343 g/mol. The van der Waals surface area contributed by atoms with Crippen molar-refractivity contribution in [1.82, 2.24) is 25.1 Å². The van der Waals surface area contributed by atoms with Crippen LogP contribution in [0, 0.1) is 0 Å². The summed E-state index contributed by atoms with van der Waals surface area (Å²) in [5, 5.41) is 10.8. The zero-order valence-corrected chi connectivity index (χ0v) is 14.1. The lowest BCUT2D eigenvalue weighted by molar-refractivity contribution is -0.155. The molecular formula is C17H21N5O3. The van der Waals surface area contributed by atoms with Crippen LogP contribution < -0.4 is 0 Å². The van der Waals surface area contributed by atoms with Crippen molar-refractivity contribution in [1.29, 1.82) is 0 Å². The van der Waals surface area contributed by atoms with Crippen molar-refractivity contribution in [3.05, 3.63) is 42.2 Å². The summed E-state index contributed by atoms with van der Waals surface area (Å²) in [6.45, 7) is 2.06. The highest BCUT2D eigenvalue weighted by atomic mass is 16.5. The zero-order chi connectivity index (χ0) is 17.6. The molecule has 0 aliphatic heterocycles. The van der Waals surface area contributed by atoms with Gasteiger partial charge in [-0.15, -0.1) is 5.10 Å². The number of esters is 1. The van der Waals surface area contributed by atoms with E-state index in [-0.39, 0.29) is 31.1 Å². The van der Waals surface area contributed by atoms with E-state index in [1.54, 1.807) is 11.8 Å². The first-order chi connectivity index (χ1) is 12.2. The van der Waals surface area contributed by atoms with Gasteiger partial charge in [0.25, 0.3) is 0 Å². The molecule has 2 aromatic rings. The number of tetrazole rings is 1. The highest BCUT2D eigenvalue weighted by Crippen LogP contribution is 2.30. The Bertz CT molecular complexity index is 700. The van der Waals surface area contributed by atoms with E-state index in [2.05, 4.69) is 15.5 Å². The van der Waals surface area contributed by atoms with E-state index in [1.807, 2.05) is 30.3 Å². The van der Waals surface area contributed by atoms with Crippen molar-refractivity contribution < 1.29 is 14.3 Å². The molecule has 1 aliphatic rings. The first-order valence-electron chi connectivity index (χ1n) is 8.41. The number of benzene rings is 1. The van der Waals surface area contributed by atoms with Crippen molar-refractivity contribution >= 4 is 11.9 Å². The third-order valence-electron chi connectivity index (χ3n) is 4.08. The Hall–Kier alpha value is -2.77. The summed E-state index contributed by atoms with van der Waals surface area (Å²) in [4.78, 5) is 27.1. The van der Waals surface area contributed by atoms with Crippen molar-refractivity contribution in [2.24, 2.45) is 0 Å². The minimum absolute atomic E-state index is 0.00813. The Morgan fingerprint density at radius 1 is 1.32 bits per heavy atom. The van der Waals surface area contributed by atoms with Crippen molar-refractivity contribution in [2.45, 2.75) is 44.8 Å². The summed E-state index contributed by atoms with van der Waals surface area (Å²) >= 11 is 0. The molecule has 1 aromatic carbocycles. The number of hydrogen-bond donors (Lipinski definition) is 0. The van der Waals surface area contributed by atoms with Gasteiger partial charge in [0.15, 0.2) is 0 Å². The quantitative estimate of drug-likeness (QED) is 0.660. The fraction of sp³-hybridized carbons (Fsp3) is 0.471. The minimum atomic E-state index is -0.640. The maximum absolute atomic E-state index is 12.8. The Labute approximate surface area is 145 Å². The average Bonchev–Trinajstić information content (AvgIpc) is 3.31. The molecule has 0 N–H and O–H groups in total. The third-order valence-corrected chi connectivity index (χ3v) is 4.08. The number of ether oxygens (including phenoxy) is 1. The van der Waals surface area contributed by atoms with Gasteiger partial charge in [0, 0.05) is 12.5 Å². The number of rotatable bonds is 8. The molecule has 1 aromatic heterocycles. The van der Waals surface area contributed by atoms with Crippen molar-refractivity contribution in [3.8, 4) is 0 Å². The number of hydrogen-bond acceptors (Lipinski definition) is 6. The lowest BCUT2D eigenvalue weighted by Gasteiger charge is -2.30. The third kappa shape index (κ3) is 4.40. The molecule has 1 atom stereocenters. The van der Waals surface area contributed by atoms with Crippen molar-refractivity contribution in [2.75, 3.05) is 6.61 Å². The van der Waals surface area contributed by atoms with Gasteiger partial charge in [-0.3, -0.25) is 4.79 Å². The van der Waals surface area contributed by atoms with Gasteiger partial charge >= 0.3 is 5.97 Å². The molecule has 25 heavy (non-hydrogen) atoms. The van der Waals surface area contributed by atoms with Crippen LogP contribution in [-0.2, 0) is 27.3 Å². The van der Waals surface area contributed by atoms with E-state index in [1.165, 1.54) is 11.0 Å². The Kier molecular flexibility index (Phi) is 5.37. The summed E-state index contributed by atoms with van der Waals surface area (Å²) in [6, 6.07) is 9.08. The molecule has 1 aliphatic carbocycles. The maximum Gasteiger partial charge on any atom is 0.329 e. The van der Waals surface area contributed by atoms with E-state index >= 15 is 0 Å². The standard InChI is InChI=1S/C17H21N5O3/c1-2-25-17(24)15(10-13-6-4-3-5-7-13)22(14-8-9-14)16(23)11-21-12-18-19-20-21/h3-7,12,14-15H,2,8-11H2,1H3. The van der Waals surface area contributed by atoms with Gasteiger partial charge in [0.1, 0.15) is 18.9 Å². The first kappa shape index (κ1) is 17.1. The fourth-order valence-electron chi connectivity index (χ4n) is 2.83. The smallest absolute Gasteiger partial charge is 0.329 e. The summed E-state index contributed by atoms with van der Waals surface area (Å²) in [7, 11) is 0. The molecule has 8 nitrogen and oxygen atoms in total. The number of nitrogens with zero attached hydrogens (tertiary/aromatic N) is 5. The van der Waals surface area contributed by atoms with Crippen LogP contribution in [0.3, 0.4) is 0 Å². The largest absolute Gasteiger partial charge is 0.464 e. The van der Waals surface area contributed by atoms with E-state index in [9.17, 15) is 9.59 Å². The minimum Gasteiger partial charge on any atom is -0.464 e. The van der Waals surface area contributed by atoms with Crippen molar-refractivity contribution in [3.63, 3.8) is 0 Å². The molecule has 1 unspecified atom stereocenters. The van der Waals surface area contributed by atoms with E-state index in [0.717, 1.165) is 18.4 Å². The van der Waals surface area contributed by atoms with E-state index in [4.69, 9.17) is 4.74 Å². The van der Waals surface area contributed by atoms with Gasteiger partial charge in [-0.25, -0.2) is 9.48 Å². The molecule has 3 rings (SSSR count). The zero-order valence-electron chi connectivity index (χ0n) is 14.1. The van der Waals surface area contributed by atoms with Crippen LogP contribution in [0.15, 0.2) is 36.7 Å². The molecule has 0 radical (unpaired) electrons. The summed E-state index contributed by atoms with van der Waals surface area (Å²) in [5.41, 5.74) is 0.987. The fourth-order valence-corrected chi connectivity index (χ4v) is 2.83. The maximum atomic E-state index is 12.8. The van der Waals surface area contributed by atoms with Crippen LogP contribution in [0.5, 0.6) is 0 Å².